The van der Waals surface area contributed by atoms with Crippen LogP contribution in [0.3, 0.4) is 0 Å². The SMILES string of the molecule is C=CCCNC(=O)/C=C/c1ccc([N+](=O)[O-])cc1. The fourth-order valence-corrected chi connectivity index (χ4v) is 1.24. The molecule has 0 aliphatic carbocycles. The molecule has 1 aromatic carbocycles. The van der Waals surface area contributed by atoms with Gasteiger partial charge < -0.3 is 5.32 Å². The largest absolute Gasteiger partial charge is 0.352 e. The lowest BCUT2D eigenvalue weighted by Crippen LogP contribution is -2.21. The van der Waals surface area contributed by atoms with Crippen LogP contribution in [-0.4, -0.2) is 17.4 Å². The van der Waals surface area contributed by atoms with Crippen molar-refractivity contribution in [2.75, 3.05) is 6.54 Å². The first-order valence-electron chi connectivity index (χ1n) is 5.44. The summed E-state index contributed by atoms with van der Waals surface area (Å²) in [4.78, 5) is 21.3. The Bertz CT molecular complexity index is 464. The van der Waals surface area contributed by atoms with Gasteiger partial charge in [0.2, 0.25) is 5.91 Å². The van der Waals surface area contributed by atoms with Crippen LogP contribution >= 0.6 is 0 Å². The first-order chi connectivity index (χ1) is 8.63. The predicted molar refractivity (Wildman–Crippen MR) is 70.0 cm³/mol. The average molecular weight is 246 g/mol. The zero-order valence-corrected chi connectivity index (χ0v) is 9.83. The van der Waals surface area contributed by atoms with Crippen molar-refractivity contribution in [1.82, 2.24) is 5.32 Å². The highest BCUT2D eigenvalue weighted by atomic mass is 16.6. The molecule has 1 amide bonds. The fraction of sp³-hybridized carbons (Fsp3) is 0.154. The van der Waals surface area contributed by atoms with Gasteiger partial charge in [0.15, 0.2) is 0 Å². The maximum absolute atomic E-state index is 11.3. The maximum Gasteiger partial charge on any atom is 0.269 e. The summed E-state index contributed by atoms with van der Waals surface area (Å²) in [6, 6.07) is 5.97. The van der Waals surface area contributed by atoms with Gasteiger partial charge in [-0.3, -0.25) is 14.9 Å². The minimum Gasteiger partial charge on any atom is -0.352 e. The summed E-state index contributed by atoms with van der Waals surface area (Å²) in [5, 5.41) is 13.1. The molecule has 1 N–H and O–H groups in total. The van der Waals surface area contributed by atoms with Crippen LogP contribution in [0.25, 0.3) is 6.08 Å². The third-order valence-electron chi connectivity index (χ3n) is 2.18. The van der Waals surface area contributed by atoms with Crippen LogP contribution in [-0.2, 0) is 4.79 Å². The molecular formula is C13H14N2O3. The average Bonchev–Trinajstić information content (AvgIpc) is 2.37. The second-order valence-electron chi connectivity index (χ2n) is 3.55. The quantitative estimate of drug-likeness (QED) is 0.275. The first kappa shape index (κ1) is 13.6. The number of nitrogens with one attached hydrogen (secondary N) is 1. The Balaban J connectivity index is 2.53. The van der Waals surface area contributed by atoms with Gasteiger partial charge in [0.1, 0.15) is 0 Å². The molecule has 0 bridgehead atoms. The molecule has 0 atom stereocenters. The van der Waals surface area contributed by atoms with Crippen molar-refractivity contribution in [3.8, 4) is 0 Å². The number of carbonyl (C=O) groups is 1. The van der Waals surface area contributed by atoms with E-state index in [1.54, 1.807) is 24.3 Å². The second-order valence-corrected chi connectivity index (χ2v) is 3.55. The molecule has 0 saturated carbocycles. The highest BCUT2D eigenvalue weighted by Crippen LogP contribution is 2.12. The van der Waals surface area contributed by atoms with Crippen molar-refractivity contribution in [2.24, 2.45) is 0 Å². The van der Waals surface area contributed by atoms with E-state index in [-0.39, 0.29) is 11.6 Å². The lowest BCUT2D eigenvalue weighted by atomic mass is 10.2. The molecule has 0 fully saturated rings. The number of benzene rings is 1. The van der Waals surface area contributed by atoms with Gasteiger partial charge in [-0.15, -0.1) is 6.58 Å². The number of amides is 1. The van der Waals surface area contributed by atoms with Crippen LogP contribution in [0.2, 0.25) is 0 Å². The number of hydrogen-bond donors (Lipinski definition) is 1. The van der Waals surface area contributed by atoms with E-state index in [2.05, 4.69) is 11.9 Å². The zero-order valence-electron chi connectivity index (χ0n) is 9.83. The van der Waals surface area contributed by atoms with E-state index in [4.69, 9.17) is 0 Å². The molecule has 0 aliphatic heterocycles. The topological polar surface area (TPSA) is 72.2 Å². The molecule has 5 nitrogen and oxygen atoms in total. The predicted octanol–water partition coefficient (Wildman–Crippen LogP) is 2.30. The molecule has 5 heteroatoms. The Morgan fingerprint density at radius 3 is 2.61 bits per heavy atom. The molecular weight excluding hydrogens is 232 g/mol. The summed E-state index contributed by atoms with van der Waals surface area (Å²) in [5.41, 5.74) is 0.766. The van der Waals surface area contributed by atoms with Crippen molar-refractivity contribution in [1.29, 1.82) is 0 Å². The molecule has 0 aromatic heterocycles. The summed E-state index contributed by atoms with van der Waals surface area (Å²) in [6.07, 6.45) is 5.44. The summed E-state index contributed by atoms with van der Waals surface area (Å²) >= 11 is 0. The van der Waals surface area contributed by atoms with Gasteiger partial charge in [-0.25, -0.2) is 0 Å². The molecule has 0 heterocycles. The Kier molecular flexibility index (Phi) is 5.31. The van der Waals surface area contributed by atoms with E-state index in [9.17, 15) is 14.9 Å². The summed E-state index contributed by atoms with van der Waals surface area (Å²) in [7, 11) is 0. The molecule has 0 spiro atoms. The van der Waals surface area contributed by atoms with Gasteiger partial charge in [0.05, 0.1) is 4.92 Å². The second kappa shape index (κ2) is 7.01. The van der Waals surface area contributed by atoms with Gasteiger partial charge in [-0.2, -0.15) is 0 Å². The van der Waals surface area contributed by atoms with Crippen LogP contribution in [0.15, 0.2) is 43.0 Å². The smallest absolute Gasteiger partial charge is 0.269 e. The number of nitro groups is 1. The Hall–Kier alpha value is -2.43. The van der Waals surface area contributed by atoms with Crippen LogP contribution < -0.4 is 5.32 Å². The van der Waals surface area contributed by atoms with Gasteiger partial charge in [-0.1, -0.05) is 6.08 Å². The third-order valence-corrected chi connectivity index (χ3v) is 2.18. The fourth-order valence-electron chi connectivity index (χ4n) is 1.24. The number of nitrogens with zero attached hydrogens (tertiary/aromatic N) is 1. The highest BCUT2D eigenvalue weighted by molar-refractivity contribution is 5.91. The molecule has 0 radical (unpaired) electrons. The molecule has 0 aliphatic rings. The maximum atomic E-state index is 11.3. The minimum atomic E-state index is -0.463. The van der Waals surface area contributed by atoms with Crippen molar-refractivity contribution in [3.63, 3.8) is 0 Å². The normalized spacial score (nSPS) is 10.2. The van der Waals surface area contributed by atoms with E-state index in [1.807, 2.05) is 0 Å². The highest BCUT2D eigenvalue weighted by Gasteiger charge is 2.02. The first-order valence-corrected chi connectivity index (χ1v) is 5.44. The van der Waals surface area contributed by atoms with Crippen molar-refractivity contribution < 1.29 is 9.72 Å². The lowest BCUT2D eigenvalue weighted by molar-refractivity contribution is -0.384. The van der Waals surface area contributed by atoms with Crippen LogP contribution in [0.4, 0.5) is 5.69 Å². The third kappa shape index (κ3) is 4.61. The summed E-state index contributed by atoms with van der Waals surface area (Å²) in [6.45, 7) is 4.10. The standard InChI is InChI=1S/C13H14N2O3/c1-2-3-10-14-13(16)9-6-11-4-7-12(8-5-11)15(17)18/h2,4-9H,1,3,10H2,(H,14,16)/b9-6+. The van der Waals surface area contributed by atoms with Crippen LogP contribution in [0.5, 0.6) is 0 Å². The van der Waals surface area contributed by atoms with E-state index in [0.717, 1.165) is 12.0 Å². The van der Waals surface area contributed by atoms with Gasteiger partial charge >= 0.3 is 0 Å². The Morgan fingerprint density at radius 2 is 2.06 bits per heavy atom. The summed E-state index contributed by atoms with van der Waals surface area (Å²) < 4.78 is 0. The van der Waals surface area contributed by atoms with Crippen molar-refractivity contribution >= 4 is 17.7 Å². The van der Waals surface area contributed by atoms with Crippen molar-refractivity contribution in [2.45, 2.75) is 6.42 Å². The van der Waals surface area contributed by atoms with E-state index in [0.29, 0.717) is 6.54 Å². The molecule has 94 valence electrons. The monoisotopic (exact) mass is 246 g/mol. The molecule has 1 rings (SSSR count). The van der Waals surface area contributed by atoms with Crippen LogP contribution in [0, 0.1) is 10.1 Å². The lowest BCUT2D eigenvalue weighted by Gasteiger charge is -1.98. The Morgan fingerprint density at radius 1 is 1.39 bits per heavy atom. The zero-order chi connectivity index (χ0) is 13.4. The minimum absolute atomic E-state index is 0.0302. The van der Waals surface area contributed by atoms with E-state index in [1.165, 1.54) is 18.2 Å². The molecule has 1 aromatic rings. The van der Waals surface area contributed by atoms with Gasteiger partial charge in [0, 0.05) is 24.8 Å². The summed E-state index contributed by atoms with van der Waals surface area (Å²) in [5.74, 6) is -0.199. The molecule has 0 unspecified atom stereocenters. The number of nitro benzene ring substituents is 1. The van der Waals surface area contributed by atoms with Crippen LogP contribution in [0.1, 0.15) is 12.0 Å². The Labute approximate surface area is 105 Å². The number of rotatable bonds is 6. The van der Waals surface area contributed by atoms with Gasteiger partial charge in [0.25, 0.3) is 5.69 Å². The molecule has 0 saturated heterocycles. The van der Waals surface area contributed by atoms with Gasteiger partial charge in [-0.05, 0) is 30.2 Å². The number of non-ortho nitro benzene ring substituents is 1. The number of hydrogen-bond acceptors (Lipinski definition) is 3. The van der Waals surface area contributed by atoms with Crippen molar-refractivity contribution in [3.05, 3.63) is 58.7 Å². The van der Waals surface area contributed by atoms with E-state index >= 15 is 0 Å². The van der Waals surface area contributed by atoms with E-state index < -0.39 is 4.92 Å². The number of carbonyl (C=O) groups excluding carboxylic acids is 1. The molecule has 18 heavy (non-hydrogen) atoms.